The van der Waals surface area contributed by atoms with Crippen LogP contribution in [0.4, 0.5) is 10.5 Å². The molecular weight excluding hydrogens is 522 g/mol. The molecule has 0 atom stereocenters. The maximum atomic E-state index is 13.5. The van der Waals surface area contributed by atoms with E-state index in [9.17, 15) is 14.7 Å². The third-order valence-electron chi connectivity index (χ3n) is 8.48. The number of ether oxygens (including phenoxy) is 1. The molecule has 3 heterocycles. The van der Waals surface area contributed by atoms with E-state index in [-0.39, 0.29) is 11.4 Å². The maximum absolute atomic E-state index is 13.5. The Morgan fingerprint density at radius 1 is 1.15 bits per heavy atom. The number of hydrogen-bond acceptors (Lipinski definition) is 8. The fourth-order valence-corrected chi connectivity index (χ4v) is 5.92. The highest BCUT2D eigenvalue weighted by Crippen LogP contribution is 2.48. The number of nitrogens with one attached hydrogen (secondary N) is 3. The molecule has 6 rings (SSSR count). The Hall–Kier alpha value is -3.99. The molecule has 3 fully saturated rings. The first-order chi connectivity index (χ1) is 19.5. The molecule has 0 unspecified atom stereocenters. The van der Waals surface area contributed by atoms with E-state index in [1.165, 1.54) is 7.11 Å². The van der Waals surface area contributed by atoms with E-state index >= 15 is 0 Å². The van der Waals surface area contributed by atoms with Gasteiger partial charge in [-0.3, -0.25) is 14.8 Å². The number of aliphatic hydroxyl groups is 1. The van der Waals surface area contributed by atoms with Crippen LogP contribution in [0.1, 0.15) is 74.7 Å². The Balaban J connectivity index is 1.42. The second-order valence-corrected chi connectivity index (χ2v) is 12.0. The summed E-state index contributed by atoms with van der Waals surface area (Å²) < 4.78 is 6.53. The zero-order valence-corrected chi connectivity index (χ0v) is 24.2. The molecule has 0 saturated heterocycles. The summed E-state index contributed by atoms with van der Waals surface area (Å²) in [4.78, 5) is 33.9. The zero-order valence-electron chi connectivity index (χ0n) is 24.2. The number of carbonyl (C=O) groups is 2. The minimum absolute atomic E-state index is 0.182. The summed E-state index contributed by atoms with van der Waals surface area (Å²) in [7, 11) is 3.05. The van der Waals surface area contributed by atoms with Crippen molar-refractivity contribution >= 4 is 29.4 Å². The molecule has 0 aliphatic heterocycles. The molecule has 3 aromatic rings. The SMILES string of the molecule is CN=Cc1cnn2c(-c3cc(NC45CCC(O)(CC4)CC5)c(C(=O)NCCC(C)(C)NC(=O)OC)cn3)ccc2c1. The lowest BCUT2D eigenvalue weighted by Gasteiger charge is -2.51. The molecular formula is C30H39N7O4. The molecule has 41 heavy (non-hydrogen) atoms. The van der Waals surface area contributed by atoms with Crippen LogP contribution in [0, 0.1) is 0 Å². The number of fused-ring (bicyclic) bond motifs is 4. The molecule has 218 valence electrons. The largest absolute Gasteiger partial charge is 0.453 e. The summed E-state index contributed by atoms with van der Waals surface area (Å²) in [5, 5.41) is 24.8. The van der Waals surface area contributed by atoms with Crippen molar-refractivity contribution in [1.82, 2.24) is 25.2 Å². The van der Waals surface area contributed by atoms with Crippen LogP contribution in [-0.4, -0.2) is 75.3 Å². The van der Waals surface area contributed by atoms with Gasteiger partial charge in [0.2, 0.25) is 0 Å². The molecule has 11 nitrogen and oxygen atoms in total. The molecule has 3 saturated carbocycles. The molecule has 3 aliphatic rings. The van der Waals surface area contributed by atoms with E-state index in [1.54, 1.807) is 25.7 Å². The highest BCUT2D eigenvalue weighted by atomic mass is 16.5. The number of amides is 2. The fourth-order valence-electron chi connectivity index (χ4n) is 5.92. The van der Waals surface area contributed by atoms with Crippen LogP contribution in [0.15, 0.2) is 41.7 Å². The first kappa shape index (κ1) is 28.5. The molecule has 2 bridgehead atoms. The first-order valence-corrected chi connectivity index (χ1v) is 14.1. The minimum Gasteiger partial charge on any atom is -0.453 e. The molecule has 2 amide bonds. The molecule has 0 radical (unpaired) electrons. The van der Waals surface area contributed by atoms with Crippen LogP contribution in [0.25, 0.3) is 16.9 Å². The first-order valence-electron chi connectivity index (χ1n) is 14.1. The van der Waals surface area contributed by atoms with Crippen molar-refractivity contribution in [3.8, 4) is 11.4 Å². The quantitative estimate of drug-likeness (QED) is 0.290. The van der Waals surface area contributed by atoms with Crippen molar-refractivity contribution in [1.29, 1.82) is 0 Å². The van der Waals surface area contributed by atoms with Gasteiger partial charge in [0.25, 0.3) is 5.91 Å². The zero-order chi connectivity index (χ0) is 29.3. The number of alkyl carbamates (subject to hydrolysis) is 1. The highest BCUT2D eigenvalue weighted by molar-refractivity contribution is 6.00. The Morgan fingerprint density at radius 2 is 1.88 bits per heavy atom. The second-order valence-electron chi connectivity index (χ2n) is 12.0. The van der Waals surface area contributed by atoms with E-state index < -0.39 is 17.2 Å². The van der Waals surface area contributed by atoms with Crippen LogP contribution in [0.5, 0.6) is 0 Å². The Morgan fingerprint density at radius 3 is 2.56 bits per heavy atom. The lowest BCUT2D eigenvalue weighted by atomic mass is 9.63. The van der Waals surface area contributed by atoms with Gasteiger partial charge in [-0.05, 0) is 83.1 Å². The van der Waals surface area contributed by atoms with E-state index in [2.05, 4.69) is 31.0 Å². The van der Waals surface area contributed by atoms with Crippen LogP contribution in [-0.2, 0) is 4.74 Å². The van der Waals surface area contributed by atoms with E-state index in [0.717, 1.165) is 55.3 Å². The monoisotopic (exact) mass is 561 g/mol. The van der Waals surface area contributed by atoms with Gasteiger partial charge in [0.1, 0.15) is 0 Å². The Kier molecular flexibility index (Phi) is 7.74. The molecule has 4 N–H and O–H groups in total. The van der Waals surface area contributed by atoms with Crippen molar-refractivity contribution < 1.29 is 19.4 Å². The predicted octanol–water partition coefficient (Wildman–Crippen LogP) is 3.95. The summed E-state index contributed by atoms with van der Waals surface area (Å²) in [5.41, 5.74) is 3.17. The third kappa shape index (κ3) is 6.19. The van der Waals surface area contributed by atoms with Crippen LogP contribution < -0.4 is 16.0 Å². The van der Waals surface area contributed by atoms with Crippen molar-refractivity contribution in [2.24, 2.45) is 4.99 Å². The van der Waals surface area contributed by atoms with Crippen molar-refractivity contribution in [2.75, 3.05) is 26.0 Å². The van der Waals surface area contributed by atoms with Gasteiger partial charge in [-0.15, -0.1) is 0 Å². The number of carbonyl (C=O) groups excluding carboxylic acids is 2. The van der Waals surface area contributed by atoms with E-state index in [0.29, 0.717) is 29.9 Å². The van der Waals surface area contributed by atoms with Gasteiger partial charge in [0.15, 0.2) is 0 Å². The molecule has 3 aromatic heterocycles. The topological polar surface area (TPSA) is 142 Å². The fraction of sp³-hybridized carbons (Fsp3) is 0.500. The number of nitrogens with zero attached hydrogens (tertiary/aromatic N) is 4. The Bertz CT molecular complexity index is 1450. The van der Waals surface area contributed by atoms with E-state index in [4.69, 9.17) is 4.74 Å². The van der Waals surface area contributed by atoms with Crippen LogP contribution >= 0.6 is 0 Å². The Labute approximate surface area is 239 Å². The second kappa shape index (κ2) is 11.1. The minimum atomic E-state index is -0.560. The number of pyridine rings is 1. The number of hydrogen-bond donors (Lipinski definition) is 4. The maximum Gasteiger partial charge on any atom is 0.407 e. The molecule has 0 spiro atoms. The number of rotatable bonds is 9. The predicted molar refractivity (Wildman–Crippen MR) is 158 cm³/mol. The lowest BCUT2D eigenvalue weighted by molar-refractivity contribution is -0.0580. The average molecular weight is 562 g/mol. The van der Waals surface area contributed by atoms with Crippen molar-refractivity contribution in [2.45, 2.75) is 75.5 Å². The number of aromatic nitrogens is 3. The smallest absolute Gasteiger partial charge is 0.407 e. The van der Waals surface area contributed by atoms with Gasteiger partial charge in [-0.25, -0.2) is 9.31 Å². The van der Waals surface area contributed by atoms with E-state index in [1.807, 2.05) is 42.6 Å². The number of methoxy groups -OCH3 is 1. The van der Waals surface area contributed by atoms with Gasteiger partial charge in [-0.2, -0.15) is 5.10 Å². The molecule has 0 aromatic carbocycles. The summed E-state index contributed by atoms with van der Waals surface area (Å²) in [5.74, 6) is -0.249. The van der Waals surface area contributed by atoms with Crippen molar-refractivity contribution in [3.05, 3.63) is 47.8 Å². The summed E-state index contributed by atoms with van der Waals surface area (Å²) in [6.45, 7) is 4.10. The normalized spacial score (nSPS) is 22.2. The van der Waals surface area contributed by atoms with Gasteiger partial charge in [0.05, 0.1) is 47.1 Å². The number of anilines is 1. The van der Waals surface area contributed by atoms with Gasteiger partial charge >= 0.3 is 6.09 Å². The number of aliphatic imine (C=N–C) groups is 1. The highest BCUT2D eigenvalue weighted by Gasteiger charge is 2.48. The van der Waals surface area contributed by atoms with Crippen LogP contribution in [0.2, 0.25) is 0 Å². The standard InChI is InChI=1S/C30H39N7O4/c1-28(2,36-27(39)41-4)13-14-32-26(38)22-19-33-24(25-6-5-21-15-20(17-31-3)18-34-37(21)25)16-23(22)35-29-7-10-30(40,11-8-29)12-9-29/h5-6,15-19,40H,7-14H2,1-4H3,(H,32,38)(H,33,35)(H,36,39). The van der Waals surface area contributed by atoms with Gasteiger partial charge < -0.3 is 25.8 Å². The van der Waals surface area contributed by atoms with Crippen LogP contribution in [0.3, 0.4) is 0 Å². The third-order valence-corrected chi connectivity index (χ3v) is 8.48. The van der Waals surface area contributed by atoms with Gasteiger partial charge in [0, 0.05) is 42.6 Å². The lowest BCUT2D eigenvalue weighted by Crippen LogP contribution is -2.54. The van der Waals surface area contributed by atoms with Gasteiger partial charge in [-0.1, -0.05) is 0 Å². The summed E-state index contributed by atoms with van der Waals surface area (Å²) in [6, 6.07) is 7.88. The summed E-state index contributed by atoms with van der Waals surface area (Å²) >= 11 is 0. The van der Waals surface area contributed by atoms with Crippen molar-refractivity contribution in [3.63, 3.8) is 0 Å². The summed E-state index contributed by atoms with van der Waals surface area (Å²) in [6.07, 6.45) is 9.89. The average Bonchev–Trinajstić information content (AvgIpc) is 3.37. The molecule has 11 heteroatoms. The molecule has 3 aliphatic carbocycles.